The summed E-state index contributed by atoms with van der Waals surface area (Å²) in [5.41, 5.74) is -1.87. The van der Waals surface area contributed by atoms with Crippen molar-refractivity contribution >= 4 is 17.4 Å². The van der Waals surface area contributed by atoms with E-state index in [0.717, 1.165) is 16.8 Å². The Bertz CT molecular complexity index is 839. The molecule has 25 heavy (non-hydrogen) atoms. The highest BCUT2D eigenvalue weighted by molar-refractivity contribution is 5.97. The largest absolute Gasteiger partial charge is 0.421 e. The Morgan fingerprint density at radius 2 is 1.76 bits per heavy atom. The van der Waals surface area contributed by atoms with Crippen LogP contribution in [0.3, 0.4) is 0 Å². The smallest absolute Gasteiger partial charge is 0.326 e. The fourth-order valence-corrected chi connectivity index (χ4v) is 2.11. The van der Waals surface area contributed by atoms with Gasteiger partial charge in [-0.15, -0.1) is 0 Å². The highest BCUT2D eigenvalue weighted by atomic mass is 19.4. The highest BCUT2D eigenvalue weighted by Gasteiger charge is 2.34. The number of hydrogen-bond donors (Lipinski definition) is 1. The number of benzene rings is 1. The molecule has 0 spiro atoms. The number of ketones is 1. The van der Waals surface area contributed by atoms with Crippen molar-refractivity contribution in [3.8, 4) is 0 Å². The summed E-state index contributed by atoms with van der Waals surface area (Å²) >= 11 is 0. The molecule has 5 nitrogen and oxygen atoms in total. The Kier molecular flexibility index (Phi) is 5.41. The van der Waals surface area contributed by atoms with Crippen LogP contribution in [0.5, 0.6) is 0 Å². The van der Waals surface area contributed by atoms with Gasteiger partial charge >= 0.3 is 6.18 Å². The quantitative estimate of drug-likeness (QED) is 0.841. The van der Waals surface area contributed by atoms with Crippen molar-refractivity contribution < 1.29 is 22.8 Å². The fourth-order valence-electron chi connectivity index (χ4n) is 2.11. The van der Waals surface area contributed by atoms with Crippen molar-refractivity contribution in [3.05, 3.63) is 64.1 Å². The molecule has 1 N–H and O–H groups in total. The number of nitrogens with one attached hydrogen (secondary N) is 1. The van der Waals surface area contributed by atoms with Crippen LogP contribution in [0.15, 0.2) is 47.4 Å². The molecule has 0 radical (unpaired) electrons. The number of Topliss-reactive ketones (excluding diaryl/α,β-unsaturated/α-hetero) is 1. The summed E-state index contributed by atoms with van der Waals surface area (Å²) in [6.45, 7) is 1.18. The van der Waals surface area contributed by atoms with E-state index in [0.29, 0.717) is 18.2 Å². The van der Waals surface area contributed by atoms with Crippen LogP contribution in [0.4, 0.5) is 18.9 Å². The van der Waals surface area contributed by atoms with Gasteiger partial charge in [-0.05, 0) is 36.4 Å². The lowest BCUT2D eigenvalue weighted by Crippen LogP contribution is -2.30. The molecule has 1 aromatic carbocycles. The molecule has 0 unspecified atom stereocenters. The van der Waals surface area contributed by atoms with E-state index in [1.165, 1.54) is 24.3 Å². The molecule has 0 saturated heterocycles. The molecule has 1 heterocycles. The van der Waals surface area contributed by atoms with Crippen LogP contribution in [0.25, 0.3) is 0 Å². The molecule has 0 saturated carbocycles. The van der Waals surface area contributed by atoms with E-state index in [2.05, 4.69) is 5.32 Å². The van der Waals surface area contributed by atoms with Crippen molar-refractivity contribution in [1.82, 2.24) is 4.57 Å². The summed E-state index contributed by atoms with van der Waals surface area (Å²) in [5.74, 6) is -0.704. The number of amides is 1. The summed E-state index contributed by atoms with van der Waals surface area (Å²) in [6.07, 6.45) is -3.34. The van der Waals surface area contributed by atoms with Gasteiger partial charge in [-0.25, -0.2) is 0 Å². The lowest BCUT2D eigenvalue weighted by atomic mass is 10.1. The number of carbonyl (C=O) groups excluding carboxylic acids is 2. The van der Waals surface area contributed by atoms with Gasteiger partial charge in [0.1, 0.15) is 5.56 Å². The zero-order valence-corrected chi connectivity index (χ0v) is 13.3. The Morgan fingerprint density at radius 3 is 2.32 bits per heavy atom. The number of anilines is 1. The van der Waals surface area contributed by atoms with Gasteiger partial charge in [-0.1, -0.05) is 6.92 Å². The first-order valence-electron chi connectivity index (χ1n) is 7.42. The molecule has 1 aromatic heterocycles. The van der Waals surface area contributed by atoms with Crippen LogP contribution in [0.2, 0.25) is 0 Å². The SMILES string of the molecule is CCC(=O)Nc1ccc(C(=O)Cn2cccc(C(F)(F)F)c2=O)cc1. The second kappa shape index (κ2) is 7.33. The highest BCUT2D eigenvalue weighted by Crippen LogP contribution is 2.26. The summed E-state index contributed by atoms with van der Waals surface area (Å²) < 4.78 is 38.9. The van der Waals surface area contributed by atoms with Crippen LogP contribution in [0.1, 0.15) is 29.3 Å². The Labute approximate surface area is 141 Å². The fraction of sp³-hybridized carbons (Fsp3) is 0.235. The van der Waals surface area contributed by atoms with Gasteiger partial charge in [0.15, 0.2) is 5.78 Å². The summed E-state index contributed by atoms with van der Waals surface area (Å²) in [6, 6.07) is 7.64. The first kappa shape index (κ1) is 18.4. The van der Waals surface area contributed by atoms with Crippen LogP contribution in [-0.2, 0) is 17.5 Å². The molecule has 0 aliphatic carbocycles. The van der Waals surface area contributed by atoms with Gasteiger partial charge in [0.25, 0.3) is 5.56 Å². The van der Waals surface area contributed by atoms with Gasteiger partial charge in [0.05, 0.1) is 6.54 Å². The van der Waals surface area contributed by atoms with Crippen molar-refractivity contribution in [2.45, 2.75) is 26.1 Å². The predicted molar refractivity (Wildman–Crippen MR) is 85.4 cm³/mol. The van der Waals surface area contributed by atoms with E-state index in [1.807, 2.05) is 0 Å². The third-order valence-electron chi connectivity index (χ3n) is 3.45. The lowest BCUT2D eigenvalue weighted by Gasteiger charge is -2.10. The van der Waals surface area contributed by atoms with Gasteiger partial charge < -0.3 is 9.88 Å². The van der Waals surface area contributed by atoms with Crippen molar-refractivity contribution in [3.63, 3.8) is 0 Å². The second-order valence-electron chi connectivity index (χ2n) is 5.25. The number of halogens is 3. The Balaban J connectivity index is 2.18. The number of hydrogen-bond acceptors (Lipinski definition) is 3. The van der Waals surface area contributed by atoms with E-state index in [-0.39, 0.29) is 11.5 Å². The third kappa shape index (κ3) is 4.56. The van der Waals surface area contributed by atoms with Gasteiger partial charge in [-0.3, -0.25) is 14.4 Å². The number of nitrogens with zero attached hydrogens (tertiary/aromatic N) is 1. The van der Waals surface area contributed by atoms with E-state index < -0.39 is 29.6 Å². The van der Waals surface area contributed by atoms with Crippen molar-refractivity contribution in [2.75, 3.05) is 5.32 Å². The predicted octanol–water partition coefficient (Wildman–Crippen LogP) is 3.10. The maximum Gasteiger partial charge on any atom is 0.421 e. The van der Waals surface area contributed by atoms with Gasteiger partial charge in [0.2, 0.25) is 5.91 Å². The number of carbonyl (C=O) groups is 2. The molecule has 8 heteroatoms. The molecule has 0 aliphatic heterocycles. The van der Waals surface area contributed by atoms with E-state index >= 15 is 0 Å². The molecule has 2 rings (SSSR count). The first-order valence-corrected chi connectivity index (χ1v) is 7.42. The average Bonchev–Trinajstić information content (AvgIpc) is 2.56. The first-order chi connectivity index (χ1) is 11.7. The number of aromatic nitrogens is 1. The summed E-state index contributed by atoms with van der Waals surface area (Å²) in [4.78, 5) is 35.3. The van der Waals surface area contributed by atoms with Crippen molar-refractivity contribution in [2.24, 2.45) is 0 Å². The molecule has 0 aliphatic rings. The molecule has 2 aromatic rings. The summed E-state index contributed by atoms with van der Waals surface area (Å²) in [7, 11) is 0. The Morgan fingerprint density at radius 1 is 1.12 bits per heavy atom. The monoisotopic (exact) mass is 352 g/mol. The zero-order valence-electron chi connectivity index (χ0n) is 13.3. The second-order valence-corrected chi connectivity index (χ2v) is 5.25. The van der Waals surface area contributed by atoms with Crippen LogP contribution < -0.4 is 10.9 Å². The molecule has 0 fully saturated rings. The minimum Gasteiger partial charge on any atom is -0.326 e. The van der Waals surface area contributed by atoms with Gasteiger partial charge in [-0.2, -0.15) is 13.2 Å². The molecular formula is C17H15F3N2O3. The average molecular weight is 352 g/mol. The normalized spacial score (nSPS) is 11.2. The van der Waals surface area contributed by atoms with E-state index in [9.17, 15) is 27.6 Å². The van der Waals surface area contributed by atoms with E-state index in [4.69, 9.17) is 0 Å². The van der Waals surface area contributed by atoms with Crippen LogP contribution in [-0.4, -0.2) is 16.3 Å². The molecular weight excluding hydrogens is 337 g/mol. The van der Waals surface area contributed by atoms with E-state index in [1.54, 1.807) is 6.92 Å². The van der Waals surface area contributed by atoms with Crippen LogP contribution in [0, 0.1) is 0 Å². The molecule has 132 valence electrons. The molecule has 0 bridgehead atoms. The maximum absolute atomic E-state index is 12.7. The number of pyridine rings is 1. The minimum absolute atomic E-state index is 0.186. The minimum atomic E-state index is -4.78. The number of rotatable bonds is 5. The zero-order chi connectivity index (χ0) is 18.6. The third-order valence-corrected chi connectivity index (χ3v) is 3.45. The topological polar surface area (TPSA) is 68.2 Å². The lowest BCUT2D eigenvalue weighted by molar-refractivity contribution is -0.139. The number of alkyl halides is 3. The Hall–Kier alpha value is -2.90. The van der Waals surface area contributed by atoms with Gasteiger partial charge in [0, 0.05) is 23.9 Å². The van der Waals surface area contributed by atoms with Crippen LogP contribution >= 0.6 is 0 Å². The molecule has 0 atom stereocenters. The van der Waals surface area contributed by atoms with Crippen molar-refractivity contribution in [1.29, 1.82) is 0 Å². The maximum atomic E-state index is 12.7. The molecule has 1 amide bonds. The standard InChI is InChI=1S/C17H15F3N2O3/c1-2-15(24)21-12-7-5-11(6-8-12)14(23)10-22-9-3-4-13(16(22)25)17(18,19)20/h3-9H,2,10H2,1H3,(H,21,24). The summed E-state index contributed by atoms with van der Waals surface area (Å²) in [5, 5.41) is 2.61.